The summed E-state index contributed by atoms with van der Waals surface area (Å²) >= 11 is 0. The molecular formula is C17H29NO2. The summed E-state index contributed by atoms with van der Waals surface area (Å²) in [5, 5.41) is 3.69. The zero-order valence-electron chi connectivity index (χ0n) is 13.7. The van der Waals surface area contributed by atoms with Crippen molar-refractivity contribution in [2.24, 2.45) is 0 Å². The Kier molecular flexibility index (Phi) is 6.50. The summed E-state index contributed by atoms with van der Waals surface area (Å²) in [6.07, 6.45) is 2.04. The van der Waals surface area contributed by atoms with E-state index in [0.29, 0.717) is 12.1 Å². The van der Waals surface area contributed by atoms with Gasteiger partial charge in [0.05, 0.1) is 12.7 Å². The number of hydrogen-bond acceptors (Lipinski definition) is 3. The minimum atomic E-state index is -0.0926. The number of rotatable bonds is 8. The molecule has 0 heterocycles. The Bertz CT molecular complexity index is 386. The molecule has 0 unspecified atom stereocenters. The van der Waals surface area contributed by atoms with Crippen molar-refractivity contribution < 1.29 is 9.47 Å². The van der Waals surface area contributed by atoms with E-state index in [1.54, 1.807) is 14.2 Å². The van der Waals surface area contributed by atoms with Gasteiger partial charge in [0.15, 0.2) is 0 Å². The molecule has 20 heavy (non-hydrogen) atoms. The number of benzene rings is 1. The van der Waals surface area contributed by atoms with Crippen LogP contribution in [0, 0.1) is 0 Å². The molecule has 1 N–H and O–H groups in total. The highest BCUT2D eigenvalue weighted by atomic mass is 16.5. The molecule has 0 radical (unpaired) electrons. The van der Waals surface area contributed by atoms with Crippen LogP contribution in [0.25, 0.3) is 0 Å². The quantitative estimate of drug-likeness (QED) is 0.782. The standard InChI is InChI=1S/C17H29NO2/c1-7-16(14-8-10-15(19-5)11-9-14)18-13(2)12-17(3,4)20-6/h8-11,13,16,18H,7,12H2,1-6H3/t13-,16-/m0/s1. The Hall–Kier alpha value is -1.06. The normalized spacial score (nSPS) is 14.9. The smallest absolute Gasteiger partial charge is 0.118 e. The molecular weight excluding hydrogens is 250 g/mol. The van der Waals surface area contributed by atoms with Crippen LogP contribution >= 0.6 is 0 Å². The van der Waals surface area contributed by atoms with E-state index >= 15 is 0 Å². The van der Waals surface area contributed by atoms with Crippen LogP contribution in [0.4, 0.5) is 0 Å². The number of hydrogen-bond donors (Lipinski definition) is 1. The number of nitrogens with one attached hydrogen (secondary N) is 1. The summed E-state index contributed by atoms with van der Waals surface area (Å²) in [4.78, 5) is 0. The van der Waals surface area contributed by atoms with Crippen LogP contribution in [-0.4, -0.2) is 25.9 Å². The molecule has 0 saturated carbocycles. The highest BCUT2D eigenvalue weighted by Crippen LogP contribution is 2.23. The van der Waals surface area contributed by atoms with Gasteiger partial charge in [-0.3, -0.25) is 0 Å². The second kappa shape index (κ2) is 7.65. The monoisotopic (exact) mass is 279 g/mol. The average Bonchev–Trinajstić information content (AvgIpc) is 2.44. The van der Waals surface area contributed by atoms with Gasteiger partial charge in [-0.1, -0.05) is 19.1 Å². The van der Waals surface area contributed by atoms with Crippen LogP contribution in [0.3, 0.4) is 0 Å². The fourth-order valence-corrected chi connectivity index (χ4v) is 2.51. The number of ether oxygens (including phenoxy) is 2. The molecule has 0 bridgehead atoms. The van der Waals surface area contributed by atoms with Crippen LogP contribution in [0.2, 0.25) is 0 Å². The molecule has 0 aliphatic heterocycles. The lowest BCUT2D eigenvalue weighted by molar-refractivity contribution is 0.00760. The summed E-state index contributed by atoms with van der Waals surface area (Å²) in [5.74, 6) is 0.900. The lowest BCUT2D eigenvalue weighted by atomic mass is 9.97. The predicted octanol–water partition coefficient (Wildman–Crippen LogP) is 3.94. The summed E-state index contributed by atoms with van der Waals surface area (Å²) in [7, 11) is 3.47. The molecule has 3 nitrogen and oxygen atoms in total. The van der Waals surface area contributed by atoms with E-state index in [-0.39, 0.29) is 5.60 Å². The van der Waals surface area contributed by atoms with Crippen LogP contribution in [0.5, 0.6) is 5.75 Å². The van der Waals surface area contributed by atoms with Crippen molar-refractivity contribution in [3.8, 4) is 5.75 Å². The van der Waals surface area contributed by atoms with Crippen molar-refractivity contribution in [3.05, 3.63) is 29.8 Å². The Morgan fingerprint density at radius 3 is 2.20 bits per heavy atom. The summed E-state index contributed by atoms with van der Waals surface area (Å²) in [6.45, 7) is 8.67. The van der Waals surface area contributed by atoms with Gasteiger partial charge in [0, 0.05) is 19.2 Å². The second-order valence-electron chi connectivity index (χ2n) is 5.97. The van der Waals surface area contributed by atoms with E-state index < -0.39 is 0 Å². The fraction of sp³-hybridized carbons (Fsp3) is 0.647. The van der Waals surface area contributed by atoms with Gasteiger partial charge in [0.25, 0.3) is 0 Å². The predicted molar refractivity (Wildman–Crippen MR) is 84.3 cm³/mol. The van der Waals surface area contributed by atoms with Gasteiger partial charge >= 0.3 is 0 Å². The summed E-state index contributed by atoms with van der Waals surface area (Å²) < 4.78 is 10.7. The van der Waals surface area contributed by atoms with Crippen molar-refractivity contribution in [3.63, 3.8) is 0 Å². The van der Waals surface area contributed by atoms with Gasteiger partial charge in [-0.15, -0.1) is 0 Å². The first-order valence-electron chi connectivity index (χ1n) is 7.37. The first-order chi connectivity index (χ1) is 9.41. The maximum atomic E-state index is 5.50. The average molecular weight is 279 g/mol. The lowest BCUT2D eigenvalue weighted by Gasteiger charge is -2.30. The molecule has 0 aliphatic carbocycles. The first kappa shape index (κ1) is 17.0. The maximum absolute atomic E-state index is 5.50. The molecule has 0 fully saturated rings. The minimum absolute atomic E-state index is 0.0926. The van der Waals surface area contributed by atoms with Crippen molar-refractivity contribution in [2.75, 3.05) is 14.2 Å². The highest BCUT2D eigenvalue weighted by Gasteiger charge is 2.22. The van der Waals surface area contributed by atoms with Crippen LogP contribution in [-0.2, 0) is 4.74 Å². The molecule has 0 spiro atoms. The Morgan fingerprint density at radius 2 is 1.75 bits per heavy atom. The van der Waals surface area contributed by atoms with E-state index in [0.717, 1.165) is 18.6 Å². The molecule has 0 amide bonds. The maximum Gasteiger partial charge on any atom is 0.118 e. The van der Waals surface area contributed by atoms with E-state index in [1.807, 2.05) is 12.1 Å². The Balaban J connectivity index is 2.66. The molecule has 2 atom stereocenters. The Labute approximate surface area is 123 Å². The van der Waals surface area contributed by atoms with Gasteiger partial charge in [0.1, 0.15) is 5.75 Å². The zero-order valence-corrected chi connectivity index (χ0v) is 13.7. The molecule has 0 aliphatic rings. The topological polar surface area (TPSA) is 30.5 Å². The van der Waals surface area contributed by atoms with Crippen molar-refractivity contribution in [1.82, 2.24) is 5.32 Å². The SMILES string of the molecule is CC[C@H](N[C@@H](C)CC(C)(C)OC)c1ccc(OC)cc1. The minimum Gasteiger partial charge on any atom is -0.497 e. The van der Waals surface area contributed by atoms with Crippen LogP contribution in [0.1, 0.15) is 52.1 Å². The highest BCUT2D eigenvalue weighted by molar-refractivity contribution is 5.29. The van der Waals surface area contributed by atoms with Gasteiger partial charge in [-0.25, -0.2) is 0 Å². The second-order valence-corrected chi connectivity index (χ2v) is 5.97. The van der Waals surface area contributed by atoms with Crippen LogP contribution in [0.15, 0.2) is 24.3 Å². The van der Waals surface area contributed by atoms with Crippen molar-refractivity contribution in [2.45, 2.75) is 58.2 Å². The van der Waals surface area contributed by atoms with Gasteiger partial charge in [0.2, 0.25) is 0 Å². The fourth-order valence-electron chi connectivity index (χ4n) is 2.51. The molecule has 114 valence electrons. The number of methoxy groups -OCH3 is 2. The van der Waals surface area contributed by atoms with E-state index in [1.165, 1.54) is 5.56 Å². The summed E-state index contributed by atoms with van der Waals surface area (Å²) in [6, 6.07) is 9.07. The van der Waals surface area contributed by atoms with Crippen LogP contribution < -0.4 is 10.1 Å². The molecule has 1 rings (SSSR count). The lowest BCUT2D eigenvalue weighted by Crippen LogP contribution is -2.37. The molecule has 1 aromatic rings. The largest absolute Gasteiger partial charge is 0.497 e. The van der Waals surface area contributed by atoms with Gasteiger partial charge < -0.3 is 14.8 Å². The third kappa shape index (κ3) is 5.14. The molecule has 3 heteroatoms. The third-order valence-corrected chi connectivity index (χ3v) is 3.76. The Morgan fingerprint density at radius 1 is 1.15 bits per heavy atom. The van der Waals surface area contributed by atoms with E-state index in [4.69, 9.17) is 9.47 Å². The third-order valence-electron chi connectivity index (χ3n) is 3.76. The zero-order chi connectivity index (χ0) is 15.2. The first-order valence-corrected chi connectivity index (χ1v) is 7.37. The van der Waals surface area contributed by atoms with E-state index in [9.17, 15) is 0 Å². The van der Waals surface area contributed by atoms with E-state index in [2.05, 4.69) is 45.1 Å². The molecule has 0 saturated heterocycles. The molecule has 0 aromatic heterocycles. The summed E-state index contributed by atoms with van der Waals surface area (Å²) in [5.41, 5.74) is 1.21. The molecule has 1 aromatic carbocycles. The van der Waals surface area contributed by atoms with Crippen molar-refractivity contribution >= 4 is 0 Å². The van der Waals surface area contributed by atoms with Gasteiger partial charge in [-0.05, 0) is 51.3 Å². The van der Waals surface area contributed by atoms with Crippen molar-refractivity contribution in [1.29, 1.82) is 0 Å². The van der Waals surface area contributed by atoms with Gasteiger partial charge in [-0.2, -0.15) is 0 Å².